The molecule has 0 radical (unpaired) electrons. The van der Waals surface area contributed by atoms with Crippen LogP contribution >= 0.6 is 0 Å². The van der Waals surface area contributed by atoms with Gasteiger partial charge in [-0.05, 0) is 45.0 Å². The lowest BCUT2D eigenvalue weighted by Crippen LogP contribution is -2.20. The van der Waals surface area contributed by atoms with Crippen LogP contribution in [-0.2, 0) is 11.3 Å². The Morgan fingerprint density at radius 1 is 1.35 bits per heavy atom. The fourth-order valence-corrected chi connectivity index (χ4v) is 1.89. The average molecular weight is 235 g/mol. The standard InChI is InChI=1S/C14H21NO2/c1-11-6-7-13(12(2)9-11)10-15(3)8-4-5-14(16)17/h6-7,9H,4-5,8,10H2,1-3H3,(H,16,17). The molecule has 0 fully saturated rings. The molecule has 1 N–H and O–H groups in total. The first-order valence-corrected chi connectivity index (χ1v) is 5.95. The van der Waals surface area contributed by atoms with Gasteiger partial charge in [-0.2, -0.15) is 0 Å². The summed E-state index contributed by atoms with van der Waals surface area (Å²) < 4.78 is 0. The van der Waals surface area contributed by atoms with E-state index in [0.717, 1.165) is 13.1 Å². The smallest absolute Gasteiger partial charge is 0.303 e. The number of aryl methyl sites for hydroxylation is 2. The van der Waals surface area contributed by atoms with Crippen molar-refractivity contribution in [2.75, 3.05) is 13.6 Å². The Bertz CT molecular complexity index is 388. The predicted octanol–water partition coefficient (Wildman–Crippen LogP) is 2.60. The van der Waals surface area contributed by atoms with Crippen LogP contribution < -0.4 is 0 Å². The summed E-state index contributed by atoms with van der Waals surface area (Å²) in [5, 5.41) is 8.57. The number of benzene rings is 1. The second kappa shape index (κ2) is 6.40. The molecule has 0 saturated heterocycles. The Balaban J connectivity index is 2.44. The summed E-state index contributed by atoms with van der Waals surface area (Å²) in [6, 6.07) is 6.45. The van der Waals surface area contributed by atoms with Gasteiger partial charge in [-0.3, -0.25) is 4.79 Å². The van der Waals surface area contributed by atoms with Crippen molar-refractivity contribution >= 4 is 5.97 Å². The van der Waals surface area contributed by atoms with Gasteiger partial charge in [-0.25, -0.2) is 0 Å². The van der Waals surface area contributed by atoms with Crippen molar-refractivity contribution < 1.29 is 9.90 Å². The van der Waals surface area contributed by atoms with E-state index in [9.17, 15) is 4.79 Å². The van der Waals surface area contributed by atoms with E-state index in [2.05, 4.69) is 36.9 Å². The predicted molar refractivity (Wildman–Crippen MR) is 69.1 cm³/mol. The molecule has 3 nitrogen and oxygen atoms in total. The SMILES string of the molecule is Cc1ccc(CN(C)CCCC(=O)O)c(C)c1. The molecule has 0 bridgehead atoms. The van der Waals surface area contributed by atoms with E-state index in [4.69, 9.17) is 5.11 Å². The van der Waals surface area contributed by atoms with Crippen LogP contribution in [0.3, 0.4) is 0 Å². The lowest BCUT2D eigenvalue weighted by molar-refractivity contribution is -0.137. The third-order valence-corrected chi connectivity index (χ3v) is 2.87. The normalized spacial score (nSPS) is 10.8. The van der Waals surface area contributed by atoms with Gasteiger partial charge >= 0.3 is 5.97 Å². The highest BCUT2D eigenvalue weighted by atomic mass is 16.4. The minimum Gasteiger partial charge on any atom is -0.481 e. The van der Waals surface area contributed by atoms with Crippen LogP contribution in [0.4, 0.5) is 0 Å². The second-order valence-corrected chi connectivity index (χ2v) is 4.67. The lowest BCUT2D eigenvalue weighted by Gasteiger charge is -2.17. The maximum Gasteiger partial charge on any atom is 0.303 e. The molecule has 0 atom stereocenters. The molecule has 0 heterocycles. The highest BCUT2D eigenvalue weighted by Crippen LogP contribution is 2.12. The molecule has 0 aromatic heterocycles. The fourth-order valence-electron chi connectivity index (χ4n) is 1.89. The Hall–Kier alpha value is -1.35. The molecule has 0 unspecified atom stereocenters. The number of nitrogens with zero attached hydrogens (tertiary/aromatic N) is 1. The fraction of sp³-hybridized carbons (Fsp3) is 0.500. The zero-order valence-electron chi connectivity index (χ0n) is 10.9. The van der Waals surface area contributed by atoms with Crippen molar-refractivity contribution in [2.45, 2.75) is 33.2 Å². The quantitative estimate of drug-likeness (QED) is 0.824. The molecule has 0 saturated carbocycles. The zero-order chi connectivity index (χ0) is 12.8. The number of carbonyl (C=O) groups is 1. The molecule has 17 heavy (non-hydrogen) atoms. The molecule has 3 heteroatoms. The zero-order valence-corrected chi connectivity index (χ0v) is 10.9. The topological polar surface area (TPSA) is 40.5 Å². The van der Waals surface area contributed by atoms with E-state index >= 15 is 0 Å². The third kappa shape index (κ3) is 5.00. The lowest BCUT2D eigenvalue weighted by atomic mass is 10.1. The minimum atomic E-state index is -0.718. The number of hydrogen-bond acceptors (Lipinski definition) is 2. The van der Waals surface area contributed by atoms with Crippen LogP contribution in [0.25, 0.3) is 0 Å². The van der Waals surface area contributed by atoms with Crippen molar-refractivity contribution in [1.29, 1.82) is 0 Å². The average Bonchev–Trinajstić information content (AvgIpc) is 2.21. The summed E-state index contributed by atoms with van der Waals surface area (Å²) in [6.45, 7) is 5.91. The number of aliphatic carboxylic acids is 1. The van der Waals surface area contributed by atoms with E-state index in [0.29, 0.717) is 6.42 Å². The minimum absolute atomic E-state index is 0.247. The maximum atomic E-state index is 10.4. The first-order valence-electron chi connectivity index (χ1n) is 5.95. The number of carboxylic acid groups (broad SMARTS) is 1. The third-order valence-electron chi connectivity index (χ3n) is 2.87. The summed E-state index contributed by atoms with van der Waals surface area (Å²) in [5.74, 6) is -0.718. The first-order chi connectivity index (χ1) is 7.99. The Morgan fingerprint density at radius 3 is 2.65 bits per heavy atom. The van der Waals surface area contributed by atoms with Gasteiger partial charge in [-0.1, -0.05) is 23.8 Å². The summed E-state index contributed by atoms with van der Waals surface area (Å²) >= 11 is 0. The Kier molecular flexibility index (Phi) is 5.16. The second-order valence-electron chi connectivity index (χ2n) is 4.67. The van der Waals surface area contributed by atoms with Crippen LogP contribution in [0, 0.1) is 13.8 Å². The highest BCUT2D eigenvalue weighted by molar-refractivity contribution is 5.66. The monoisotopic (exact) mass is 235 g/mol. The van der Waals surface area contributed by atoms with E-state index in [1.807, 2.05) is 7.05 Å². The Morgan fingerprint density at radius 2 is 2.06 bits per heavy atom. The molecule has 94 valence electrons. The van der Waals surface area contributed by atoms with Crippen molar-refractivity contribution in [3.63, 3.8) is 0 Å². The van der Waals surface area contributed by atoms with Gasteiger partial charge in [0.25, 0.3) is 0 Å². The summed E-state index contributed by atoms with van der Waals surface area (Å²) in [7, 11) is 2.03. The number of rotatable bonds is 6. The molecule has 0 spiro atoms. The van der Waals surface area contributed by atoms with Gasteiger partial charge in [0.05, 0.1) is 0 Å². The van der Waals surface area contributed by atoms with Gasteiger partial charge in [-0.15, -0.1) is 0 Å². The molecule has 0 aliphatic heterocycles. The van der Waals surface area contributed by atoms with E-state index in [1.165, 1.54) is 16.7 Å². The van der Waals surface area contributed by atoms with Crippen molar-refractivity contribution in [3.05, 3.63) is 34.9 Å². The molecule has 0 amide bonds. The van der Waals surface area contributed by atoms with Gasteiger partial charge in [0, 0.05) is 13.0 Å². The van der Waals surface area contributed by atoms with Gasteiger partial charge in [0.2, 0.25) is 0 Å². The molecule has 0 aliphatic carbocycles. The molecule has 1 aromatic rings. The Labute approximate surface area is 103 Å². The molecule has 1 aromatic carbocycles. The maximum absolute atomic E-state index is 10.4. The summed E-state index contributed by atoms with van der Waals surface area (Å²) in [4.78, 5) is 12.6. The molecular formula is C14H21NO2. The van der Waals surface area contributed by atoms with E-state index in [-0.39, 0.29) is 6.42 Å². The van der Waals surface area contributed by atoms with Crippen LogP contribution in [0.5, 0.6) is 0 Å². The molecule has 0 aliphatic rings. The number of hydrogen-bond donors (Lipinski definition) is 1. The summed E-state index contributed by atoms with van der Waals surface area (Å²) in [6.07, 6.45) is 0.952. The van der Waals surface area contributed by atoms with Crippen LogP contribution in [0.2, 0.25) is 0 Å². The van der Waals surface area contributed by atoms with Crippen molar-refractivity contribution in [2.24, 2.45) is 0 Å². The summed E-state index contributed by atoms with van der Waals surface area (Å²) in [5.41, 5.74) is 3.89. The van der Waals surface area contributed by atoms with Crippen molar-refractivity contribution in [1.82, 2.24) is 4.90 Å². The van der Waals surface area contributed by atoms with Crippen LogP contribution in [-0.4, -0.2) is 29.6 Å². The molecular weight excluding hydrogens is 214 g/mol. The van der Waals surface area contributed by atoms with E-state index in [1.54, 1.807) is 0 Å². The van der Waals surface area contributed by atoms with Crippen LogP contribution in [0.1, 0.15) is 29.5 Å². The van der Waals surface area contributed by atoms with Gasteiger partial charge < -0.3 is 10.0 Å². The van der Waals surface area contributed by atoms with Gasteiger partial charge in [0.1, 0.15) is 0 Å². The largest absolute Gasteiger partial charge is 0.481 e. The van der Waals surface area contributed by atoms with Crippen molar-refractivity contribution in [3.8, 4) is 0 Å². The number of carboxylic acids is 1. The molecule has 1 rings (SSSR count). The van der Waals surface area contributed by atoms with Gasteiger partial charge in [0.15, 0.2) is 0 Å². The first kappa shape index (κ1) is 13.7. The highest BCUT2D eigenvalue weighted by Gasteiger charge is 2.04. The van der Waals surface area contributed by atoms with Crippen LogP contribution in [0.15, 0.2) is 18.2 Å². The van der Waals surface area contributed by atoms with E-state index < -0.39 is 5.97 Å².